The van der Waals surface area contributed by atoms with Crippen LogP contribution in [0.3, 0.4) is 0 Å². The average Bonchev–Trinajstić information content (AvgIpc) is 3.02. The van der Waals surface area contributed by atoms with E-state index in [1.165, 1.54) is 11.1 Å². The van der Waals surface area contributed by atoms with Crippen LogP contribution in [0.5, 0.6) is 0 Å². The van der Waals surface area contributed by atoms with Crippen LogP contribution in [0.25, 0.3) is 0 Å². The Labute approximate surface area is 124 Å². The molecule has 0 N–H and O–H groups in total. The number of rotatable bonds is 6. The summed E-state index contributed by atoms with van der Waals surface area (Å²) in [4.78, 5) is 0. The fourth-order valence-corrected chi connectivity index (χ4v) is 5.44. The van der Waals surface area contributed by atoms with Gasteiger partial charge in [0.25, 0.3) is 0 Å². The molecule has 0 aliphatic carbocycles. The maximum absolute atomic E-state index is 2.43. The van der Waals surface area contributed by atoms with Crippen molar-refractivity contribution in [3.63, 3.8) is 0 Å². The summed E-state index contributed by atoms with van der Waals surface area (Å²) in [6, 6.07) is 4.61. The second kappa shape index (κ2) is 6.56. The number of aromatic nitrogens is 2. The van der Waals surface area contributed by atoms with E-state index >= 15 is 0 Å². The zero-order valence-corrected chi connectivity index (χ0v) is 14.1. The molecule has 0 spiro atoms. The van der Waals surface area contributed by atoms with E-state index in [-0.39, 0.29) is 17.1 Å². The number of hydrogen-bond acceptors (Lipinski definition) is 0. The summed E-state index contributed by atoms with van der Waals surface area (Å²) >= 11 is 0.126. The summed E-state index contributed by atoms with van der Waals surface area (Å²) in [5, 5.41) is 0. The van der Waals surface area contributed by atoms with Crippen molar-refractivity contribution in [2.24, 2.45) is 0 Å². The van der Waals surface area contributed by atoms with Gasteiger partial charge in [-0.2, -0.15) is 0 Å². The van der Waals surface area contributed by atoms with E-state index in [9.17, 15) is 0 Å². The molecular formula is C16H24N2Ru. The first-order valence-corrected chi connectivity index (χ1v) is 8.97. The van der Waals surface area contributed by atoms with Crippen LogP contribution in [0.15, 0.2) is 24.5 Å². The Bertz CT molecular complexity index is 446. The fourth-order valence-electron chi connectivity index (χ4n) is 2.28. The summed E-state index contributed by atoms with van der Waals surface area (Å²) in [7, 11) is 0. The summed E-state index contributed by atoms with van der Waals surface area (Å²) < 4.78 is 8.04. The molecule has 2 aromatic rings. The van der Waals surface area contributed by atoms with Gasteiger partial charge in [0.15, 0.2) is 0 Å². The zero-order valence-electron chi connectivity index (χ0n) is 12.4. The Morgan fingerprint density at radius 1 is 0.789 bits per heavy atom. The molecule has 3 heteroatoms. The summed E-state index contributed by atoms with van der Waals surface area (Å²) in [5.74, 6) is 0. The molecule has 0 amide bonds. The van der Waals surface area contributed by atoms with E-state index in [4.69, 9.17) is 0 Å². The van der Waals surface area contributed by atoms with Crippen molar-refractivity contribution in [3.05, 3.63) is 35.7 Å². The van der Waals surface area contributed by atoms with Gasteiger partial charge in [0, 0.05) is 0 Å². The van der Waals surface area contributed by atoms with Gasteiger partial charge >= 0.3 is 124 Å². The molecule has 0 aliphatic heterocycles. The molecule has 0 bridgehead atoms. The van der Waals surface area contributed by atoms with E-state index in [0.717, 1.165) is 25.9 Å². The van der Waals surface area contributed by atoms with Crippen molar-refractivity contribution in [2.75, 3.05) is 0 Å². The third-order valence-electron chi connectivity index (χ3n) is 3.53. The number of hydrogen-bond donors (Lipinski definition) is 0. The standard InChI is InChI=1S/2C8H12N.Ru/c2*1-3-8-5-6-9(4-2)7-8;/h2*5-6H,3-4H2,1-2H3;. The zero-order chi connectivity index (χ0) is 13.8. The van der Waals surface area contributed by atoms with Gasteiger partial charge in [-0.1, -0.05) is 0 Å². The van der Waals surface area contributed by atoms with Gasteiger partial charge in [-0.3, -0.25) is 0 Å². The maximum atomic E-state index is 2.43. The quantitative estimate of drug-likeness (QED) is 0.712. The van der Waals surface area contributed by atoms with Crippen LogP contribution in [-0.2, 0) is 43.1 Å². The van der Waals surface area contributed by atoms with Gasteiger partial charge in [-0.05, 0) is 0 Å². The number of nitrogens with zero attached hydrogens (tertiary/aromatic N) is 2. The monoisotopic (exact) mass is 346 g/mol. The second-order valence-corrected chi connectivity index (χ2v) is 6.69. The molecule has 0 unspecified atom stereocenters. The van der Waals surface area contributed by atoms with Crippen molar-refractivity contribution >= 4 is 8.58 Å². The second-order valence-electron chi connectivity index (χ2n) is 4.61. The first-order chi connectivity index (χ1) is 9.24. The Morgan fingerprint density at radius 3 is 1.53 bits per heavy atom. The summed E-state index contributed by atoms with van der Waals surface area (Å²) in [6.45, 7) is 11.2. The van der Waals surface area contributed by atoms with Crippen molar-refractivity contribution in [1.82, 2.24) is 9.13 Å². The van der Waals surface area contributed by atoms with Crippen molar-refractivity contribution in [2.45, 2.75) is 53.6 Å². The molecule has 0 aromatic carbocycles. The Morgan fingerprint density at radius 2 is 1.21 bits per heavy atom. The normalized spacial score (nSPS) is 11.4. The van der Waals surface area contributed by atoms with Gasteiger partial charge in [-0.25, -0.2) is 0 Å². The Balaban J connectivity index is 2.40. The fraction of sp³-hybridized carbons (Fsp3) is 0.500. The van der Waals surface area contributed by atoms with Gasteiger partial charge in [0.1, 0.15) is 0 Å². The van der Waals surface area contributed by atoms with Crippen LogP contribution in [0.1, 0.15) is 38.8 Å². The Kier molecular flexibility index (Phi) is 5.04. The third-order valence-corrected chi connectivity index (χ3v) is 6.46. The first kappa shape index (κ1) is 14.6. The van der Waals surface area contributed by atoms with E-state index in [1.807, 2.05) is 0 Å². The minimum atomic E-state index is 0.126. The molecule has 106 valence electrons. The van der Waals surface area contributed by atoms with E-state index in [0.29, 0.717) is 0 Å². The van der Waals surface area contributed by atoms with Crippen molar-refractivity contribution in [3.8, 4) is 0 Å². The topological polar surface area (TPSA) is 9.86 Å². The molecule has 0 saturated carbocycles. The van der Waals surface area contributed by atoms with Crippen LogP contribution < -0.4 is 8.58 Å². The van der Waals surface area contributed by atoms with Crippen molar-refractivity contribution in [1.29, 1.82) is 0 Å². The molecule has 0 aliphatic rings. The van der Waals surface area contributed by atoms with Crippen molar-refractivity contribution < 1.29 is 17.1 Å². The van der Waals surface area contributed by atoms with Gasteiger partial charge in [-0.15, -0.1) is 0 Å². The van der Waals surface area contributed by atoms with Gasteiger partial charge in [0.2, 0.25) is 0 Å². The molecule has 0 atom stereocenters. The van der Waals surface area contributed by atoms with Crippen LogP contribution in [0.4, 0.5) is 0 Å². The number of aryl methyl sites for hydroxylation is 4. The Hall–Kier alpha value is -0.817. The molecule has 19 heavy (non-hydrogen) atoms. The third kappa shape index (κ3) is 2.87. The molecule has 2 heterocycles. The van der Waals surface area contributed by atoms with Gasteiger partial charge < -0.3 is 0 Å². The molecule has 2 rings (SSSR count). The summed E-state index contributed by atoms with van der Waals surface area (Å²) in [5.41, 5.74) is 3.07. The average molecular weight is 345 g/mol. The molecule has 2 nitrogen and oxygen atoms in total. The molecule has 2 aromatic heterocycles. The van der Waals surface area contributed by atoms with Crippen LogP contribution >= 0.6 is 0 Å². The van der Waals surface area contributed by atoms with E-state index in [1.54, 1.807) is 8.58 Å². The molecular weight excluding hydrogens is 321 g/mol. The first-order valence-electron chi connectivity index (χ1n) is 7.23. The van der Waals surface area contributed by atoms with Crippen LogP contribution in [0.2, 0.25) is 0 Å². The molecule has 0 saturated heterocycles. The molecule has 0 radical (unpaired) electrons. The predicted octanol–water partition coefficient (Wildman–Crippen LogP) is 2.49. The van der Waals surface area contributed by atoms with Crippen LogP contribution in [-0.4, -0.2) is 9.13 Å². The summed E-state index contributed by atoms with van der Waals surface area (Å²) in [6.07, 6.45) is 6.80. The molecule has 0 fully saturated rings. The predicted molar refractivity (Wildman–Crippen MR) is 78.2 cm³/mol. The van der Waals surface area contributed by atoms with E-state index in [2.05, 4.69) is 61.4 Å². The van der Waals surface area contributed by atoms with E-state index < -0.39 is 0 Å². The van der Waals surface area contributed by atoms with Gasteiger partial charge in [0.05, 0.1) is 0 Å². The SMILES string of the molecule is CCc1ccn(CC)[c]1[Ru][c]1c(CC)ccn1CC. The minimum absolute atomic E-state index is 0.126. The van der Waals surface area contributed by atoms with Crippen LogP contribution in [0, 0.1) is 0 Å².